The number of anilines is 2. The van der Waals surface area contributed by atoms with Gasteiger partial charge in [0.2, 0.25) is 5.95 Å². The minimum atomic E-state index is -0.347. The number of nitrogens with one attached hydrogen (secondary N) is 2. The summed E-state index contributed by atoms with van der Waals surface area (Å²) < 4.78 is 11.0. The molecule has 0 saturated carbocycles. The number of benzene rings is 2. The summed E-state index contributed by atoms with van der Waals surface area (Å²) in [7, 11) is 0. The second-order valence-corrected chi connectivity index (χ2v) is 6.43. The molecule has 2 heterocycles. The van der Waals surface area contributed by atoms with Gasteiger partial charge < -0.3 is 20.1 Å². The third-order valence-corrected chi connectivity index (χ3v) is 4.45. The highest BCUT2D eigenvalue weighted by Crippen LogP contribution is 2.32. The smallest absolute Gasteiger partial charge is 0.274 e. The maximum atomic E-state index is 12.5. The second kappa shape index (κ2) is 8.14. The summed E-state index contributed by atoms with van der Waals surface area (Å²) in [6, 6.07) is 14.3. The van der Waals surface area contributed by atoms with Gasteiger partial charge in [0.25, 0.3) is 5.91 Å². The number of fused-ring (bicyclic) bond motifs is 1. The molecule has 4 rings (SSSR count). The molecule has 0 atom stereocenters. The van der Waals surface area contributed by atoms with E-state index in [4.69, 9.17) is 21.1 Å². The Labute approximate surface area is 166 Å². The Balaban J connectivity index is 1.43. The van der Waals surface area contributed by atoms with Crippen LogP contribution in [0.2, 0.25) is 5.02 Å². The number of halogens is 1. The third-order valence-electron chi connectivity index (χ3n) is 4.08. The standard InChI is InChI=1S/C20H17ClN4O3/c21-15-4-2-1-3-13(15)12-23-20-22-8-7-16(25-20)19(26)24-14-5-6-17-18(11-14)28-10-9-27-17/h1-8,11H,9-10,12H2,(H,24,26)(H,22,23,25). The largest absolute Gasteiger partial charge is 0.486 e. The predicted octanol–water partition coefficient (Wildman–Crippen LogP) is 3.77. The number of amides is 1. The molecule has 1 aliphatic heterocycles. The van der Waals surface area contributed by atoms with E-state index in [-0.39, 0.29) is 11.6 Å². The maximum Gasteiger partial charge on any atom is 0.274 e. The predicted molar refractivity (Wildman–Crippen MR) is 106 cm³/mol. The topological polar surface area (TPSA) is 85.4 Å². The Hall–Kier alpha value is -3.32. The molecular formula is C20H17ClN4O3. The number of nitrogens with zero attached hydrogens (tertiary/aromatic N) is 2. The van der Waals surface area contributed by atoms with Crippen molar-refractivity contribution in [1.82, 2.24) is 9.97 Å². The molecule has 28 heavy (non-hydrogen) atoms. The second-order valence-electron chi connectivity index (χ2n) is 6.02. The van der Waals surface area contributed by atoms with E-state index >= 15 is 0 Å². The molecule has 0 bridgehead atoms. The number of aromatic nitrogens is 2. The molecule has 0 fully saturated rings. The summed E-state index contributed by atoms with van der Waals surface area (Å²) in [6.45, 7) is 1.45. The first-order valence-electron chi connectivity index (χ1n) is 8.70. The van der Waals surface area contributed by atoms with Gasteiger partial charge in [0.1, 0.15) is 18.9 Å². The van der Waals surface area contributed by atoms with E-state index in [2.05, 4.69) is 20.6 Å². The molecule has 0 unspecified atom stereocenters. The zero-order valence-electron chi connectivity index (χ0n) is 14.8. The van der Waals surface area contributed by atoms with Crippen molar-refractivity contribution in [2.75, 3.05) is 23.8 Å². The highest BCUT2D eigenvalue weighted by atomic mass is 35.5. The van der Waals surface area contributed by atoms with Crippen LogP contribution in [0.1, 0.15) is 16.1 Å². The lowest BCUT2D eigenvalue weighted by atomic mass is 10.2. The molecule has 0 spiro atoms. The van der Waals surface area contributed by atoms with Crippen molar-refractivity contribution in [2.24, 2.45) is 0 Å². The summed E-state index contributed by atoms with van der Waals surface area (Å²) in [5.41, 5.74) is 1.75. The summed E-state index contributed by atoms with van der Waals surface area (Å²) in [6.07, 6.45) is 1.53. The van der Waals surface area contributed by atoms with E-state index in [1.54, 1.807) is 24.3 Å². The van der Waals surface area contributed by atoms with Crippen LogP contribution in [0.15, 0.2) is 54.7 Å². The van der Waals surface area contributed by atoms with Crippen LogP contribution in [-0.2, 0) is 6.54 Å². The lowest BCUT2D eigenvalue weighted by molar-refractivity contribution is 0.102. The van der Waals surface area contributed by atoms with Crippen LogP contribution < -0.4 is 20.1 Å². The van der Waals surface area contributed by atoms with Crippen molar-refractivity contribution >= 4 is 29.1 Å². The lowest BCUT2D eigenvalue weighted by Gasteiger charge is -2.19. The minimum absolute atomic E-state index is 0.242. The first kappa shape index (κ1) is 18.1. The van der Waals surface area contributed by atoms with Gasteiger partial charge in [0, 0.05) is 29.5 Å². The average molecular weight is 397 g/mol. The van der Waals surface area contributed by atoms with Gasteiger partial charge in [-0.2, -0.15) is 0 Å². The molecule has 1 aromatic heterocycles. The number of ether oxygens (including phenoxy) is 2. The first-order valence-corrected chi connectivity index (χ1v) is 9.08. The monoisotopic (exact) mass is 396 g/mol. The van der Waals surface area contributed by atoms with E-state index in [1.807, 2.05) is 24.3 Å². The Morgan fingerprint density at radius 3 is 2.75 bits per heavy atom. The average Bonchev–Trinajstić information content (AvgIpc) is 2.73. The molecule has 2 N–H and O–H groups in total. The van der Waals surface area contributed by atoms with Crippen molar-refractivity contribution in [3.63, 3.8) is 0 Å². The third kappa shape index (κ3) is 4.15. The lowest BCUT2D eigenvalue weighted by Crippen LogP contribution is -2.17. The quantitative estimate of drug-likeness (QED) is 0.683. The van der Waals surface area contributed by atoms with Crippen LogP contribution in [0.4, 0.5) is 11.6 Å². The molecular weight excluding hydrogens is 380 g/mol. The maximum absolute atomic E-state index is 12.5. The van der Waals surface area contributed by atoms with Gasteiger partial charge in [-0.15, -0.1) is 0 Å². The zero-order valence-corrected chi connectivity index (χ0v) is 15.6. The highest BCUT2D eigenvalue weighted by molar-refractivity contribution is 6.31. The molecule has 0 saturated heterocycles. The fourth-order valence-corrected chi connectivity index (χ4v) is 2.91. The summed E-state index contributed by atoms with van der Waals surface area (Å²) in [5, 5.41) is 6.54. The van der Waals surface area contributed by atoms with Crippen LogP contribution in [0.3, 0.4) is 0 Å². The summed E-state index contributed by atoms with van der Waals surface area (Å²) >= 11 is 6.15. The first-order chi connectivity index (χ1) is 13.7. The van der Waals surface area contributed by atoms with Crippen molar-refractivity contribution in [1.29, 1.82) is 0 Å². The normalized spacial score (nSPS) is 12.3. The van der Waals surface area contributed by atoms with Gasteiger partial charge >= 0.3 is 0 Å². The Kier molecular flexibility index (Phi) is 5.25. The number of carbonyl (C=O) groups is 1. The highest BCUT2D eigenvalue weighted by Gasteiger charge is 2.14. The molecule has 1 aliphatic rings. The van der Waals surface area contributed by atoms with Gasteiger partial charge in [0.05, 0.1) is 0 Å². The molecule has 2 aromatic carbocycles. The molecule has 142 valence electrons. The van der Waals surface area contributed by atoms with E-state index in [9.17, 15) is 4.79 Å². The van der Waals surface area contributed by atoms with E-state index in [0.717, 1.165) is 5.56 Å². The summed E-state index contributed by atoms with van der Waals surface area (Å²) in [4.78, 5) is 21.0. The van der Waals surface area contributed by atoms with Crippen LogP contribution in [0, 0.1) is 0 Å². The summed E-state index contributed by atoms with van der Waals surface area (Å²) in [5.74, 6) is 1.26. The van der Waals surface area contributed by atoms with E-state index in [1.165, 1.54) is 6.20 Å². The Morgan fingerprint density at radius 2 is 1.89 bits per heavy atom. The van der Waals surface area contributed by atoms with Gasteiger partial charge in [-0.05, 0) is 29.8 Å². The van der Waals surface area contributed by atoms with Crippen LogP contribution >= 0.6 is 11.6 Å². The SMILES string of the molecule is O=C(Nc1ccc2c(c1)OCCO2)c1ccnc(NCc2ccccc2Cl)n1. The molecule has 7 nitrogen and oxygen atoms in total. The van der Waals surface area contributed by atoms with Crippen molar-refractivity contribution < 1.29 is 14.3 Å². The molecule has 0 aliphatic carbocycles. The fourth-order valence-electron chi connectivity index (χ4n) is 2.70. The number of rotatable bonds is 5. The van der Waals surface area contributed by atoms with Crippen LogP contribution in [0.25, 0.3) is 0 Å². The fraction of sp³-hybridized carbons (Fsp3) is 0.150. The molecule has 8 heteroatoms. The molecule has 0 radical (unpaired) electrons. The van der Waals surface area contributed by atoms with Gasteiger partial charge in [-0.3, -0.25) is 4.79 Å². The number of carbonyl (C=O) groups excluding carboxylic acids is 1. The Bertz CT molecular complexity index is 1010. The van der Waals surface area contributed by atoms with Crippen LogP contribution in [0.5, 0.6) is 11.5 Å². The van der Waals surface area contributed by atoms with Gasteiger partial charge in [0.15, 0.2) is 11.5 Å². The minimum Gasteiger partial charge on any atom is -0.486 e. The van der Waals surface area contributed by atoms with Gasteiger partial charge in [-0.1, -0.05) is 29.8 Å². The molecule has 1 amide bonds. The van der Waals surface area contributed by atoms with Crippen LogP contribution in [-0.4, -0.2) is 29.1 Å². The van der Waals surface area contributed by atoms with Gasteiger partial charge in [-0.25, -0.2) is 9.97 Å². The van der Waals surface area contributed by atoms with Crippen molar-refractivity contribution in [2.45, 2.75) is 6.54 Å². The zero-order chi connectivity index (χ0) is 19.3. The van der Waals surface area contributed by atoms with Crippen molar-refractivity contribution in [3.8, 4) is 11.5 Å². The number of hydrogen-bond acceptors (Lipinski definition) is 6. The van der Waals surface area contributed by atoms with E-state index in [0.29, 0.717) is 47.9 Å². The number of hydrogen-bond donors (Lipinski definition) is 2. The van der Waals surface area contributed by atoms with E-state index < -0.39 is 0 Å². The molecule has 3 aromatic rings. The Morgan fingerprint density at radius 1 is 1.07 bits per heavy atom. The van der Waals surface area contributed by atoms with Crippen molar-refractivity contribution in [3.05, 3.63) is 71.0 Å².